The molecule has 4 heterocycles. The van der Waals surface area contributed by atoms with Crippen LogP contribution in [0.4, 0.5) is 0 Å². The standard InChI is InChI=1S/C42H24N4/c1-2-12-26(13-3-1)39-42(44-33-19-8-7-18-32(33)43-39)46-36-24-23-35-37(38(36)31-22-21-25-11-4-5-14-27(25)40(31)46)30-17-10-16-29-28-15-6-9-20-34(28)45(35)41(29)30/h1-24H. The van der Waals surface area contributed by atoms with Crippen LogP contribution in [0.3, 0.4) is 0 Å². The van der Waals surface area contributed by atoms with Gasteiger partial charge in [-0.3, -0.25) is 4.57 Å². The van der Waals surface area contributed by atoms with Crippen LogP contribution in [-0.4, -0.2) is 18.9 Å². The summed E-state index contributed by atoms with van der Waals surface area (Å²) in [6.07, 6.45) is 0. The van der Waals surface area contributed by atoms with Gasteiger partial charge >= 0.3 is 0 Å². The SMILES string of the molecule is c1ccc(-c2nc3ccccc3nc2-n2c3ccc4c(c5cccc6c7ccccc7n4c65)c3c3ccc4ccccc4c32)cc1. The maximum atomic E-state index is 5.40. The average molecular weight is 585 g/mol. The Morgan fingerprint density at radius 3 is 1.93 bits per heavy atom. The van der Waals surface area contributed by atoms with Gasteiger partial charge in [0.05, 0.1) is 38.6 Å². The molecule has 4 aromatic heterocycles. The number of aromatic nitrogens is 4. The van der Waals surface area contributed by atoms with Crippen LogP contribution in [0.2, 0.25) is 0 Å². The van der Waals surface area contributed by atoms with E-state index in [0.29, 0.717) is 0 Å². The van der Waals surface area contributed by atoms with Gasteiger partial charge < -0.3 is 4.40 Å². The molecule has 0 saturated carbocycles. The normalized spacial score (nSPS) is 12.3. The van der Waals surface area contributed by atoms with Gasteiger partial charge in [-0.25, -0.2) is 9.97 Å². The summed E-state index contributed by atoms with van der Waals surface area (Å²) >= 11 is 0. The van der Waals surface area contributed by atoms with E-state index in [9.17, 15) is 0 Å². The van der Waals surface area contributed by atoms with Gasteiger partial charge in [-0.15, -0.1) is 0 Å². The van der Waals surface area contributed by atoms with Crippen molar-refractivity contribution in [3.8, 4) is 17.1 Å². The van der Waals surface area contributed by atoms with Gasteiger partial charge in [0.25, 0.3) is 0 Å². The first-order chi connectivity index (χ1) is 22.8. The van der Waals surface area contributed by atoms with Crippen molar-refractivity contribution in [2.45, 2.75) is 0 Å². The second kappa shape index (κ2) is 8.68. The van der Waals surface area contributed by atoms with Gasteiger partial charge in [0.2, 0.25) is 0 Å². The molecule has 0 radical (unpaired) electrons. The van der Waals surface area contributed by atoms with Crippen molar-refractivity contribution < 1.29 is 0 Å². The van der Waals surface area contributed by atoms with Crippen LogP contribution >= 0.6 is 0 Å². The van der Waals surface area contributed by atoms with Crippen LogP contribution < -0.4 is 0 Å². The molecule has 0 atom stereocenters. The fraction of sp³-hybridized carbons (Fsp3) is 0. The van der Waals surface area contributed by atoms with E-state index in [1.165, 1.54) is 59.6 Å². The summed E-state index contributed by atoms with van der Waals surface area (Å²) in [5, 5.41) is 9.98. The first kappa shape index (κ1) is 24.1. The number of benzene rings is 7. The molecule has 46 heavy (non-hydrogen) atoms. The van der Waals surface area contributed by atoms with Crippen LogP contribution in [0.5, 0.6) is 0 Å². The second-order valence-corrected chi connectivity index (χ2v) is 12.2. The fourth-order valence-corrected chi connectivity index (χ4v) is 7.94. The van der Waals surface area contributed by atoms with Crippen molar-refractivity contribution in [2.24, 2.45) is 0 Å². The zero-order valence-corrected chi connectivity index (χ0v) is 24.6. The summed E-state index contributed by atoms with van der Waals surface area (Å²) in [5.41, 5.74) is 9.68. The van der Waals surface area contributed by atoms with Crippen LogP contribution in [0.15, 0.2) is 146 Å². The molecule has 0 unspecified atom stereocenters. The van der Waals surface area contributed by atoms with Gasteiger partial charge in [0.1, 0.15) is 5.69 Å². The summed E-state index contributed by atoms with van der Waals surface area (Å²) in [4.78, 5) is 10.7. The number of hydrogen-bond donors (Lipinski definition) is 0. The molecule has 0 amide bonds. The highest BCUT2D eigenvalue weighted by Crippen LogP contribution is 2.46. The second-order valence-electron chi connectivity index (χ2n) is 12.2. The lowest BCUT2D eigenvalue weighted by atomic mass is 10.0. The monoisotopic (exact) mass is 584 g/mol. The molecule has 11 rings (SSSR count). The lowest BCUT2D eigenvalue weighted by molar-refractivity contribution is 1.08. The molecular weight excluding hydrogens is 560 g/mol. The molecule has 0 N–H and O–H groups in total. The Balaban J connectivity index is 1.41. The first-order valence-electron chi connectivity index (χ1n) is 15.7. The number of rotatable bonds is 2. The minimum atomic E-state index is 0.836. The van der Waals surface area contributed by atoms with E-state index in [-0.39, 0.29) is 0 Å². The van der Waals surface area contributed by atoms with E-state index in [1.807, 2.05) is 18.2 Å². The Morgan fingerprint density at radius 2 is 1.04 bits per heavy atom. The third-order valence-corrected chi connectivity index (χ3v) is 9.81. The van der Waals surface area contributed by atoms with Gasteiger partial charge in [0, 0.05) is 43.3 Å². The van der Waals surface area contributed by atoms with Gasteiger partial charge in [-0.1, -0.05) is 115 Å². The maximum Gasteiger partial charge on any atom is 0.165 e. The topological polar surface area (TPSA) is 35.1 Å². The van der Waals surface area contributed by atoms with Crippen molar-refractivity contribution in [3.63, 3.8) is 0 Å². The lowest BCUT2D eigenvalue weighted by Crippen LogP contribution is -2.04. The molecule has 0 bridgehead atoms. The number of hydrogen-bond acceptors (Lipinski definition) is 2. The van der Waals surface area contributed by atoms with Crippen LogP contribution in [0, 0.1) is 0 Å². The largest absolute Gasteiger partial charge is 0.308 e. The Bertz CT molecular complexity index is 3020. The Morgan fingerprint density at radius 1 is 0.391 bits per heavy atom. The summed E-state index contributed by atoms with van der Waals surface area (Å²) in [5.74, 6) is 0.836. The molecule has 0 aliphatic carbocycles. The predicted octanol–water partition coefficient (Wildman–Crippen LogP) is 10.7. The van der Waals surface area contributed by atoms with E-state index >= 15 is 0 Å². The average Bonchev–Trinajstić information content (AvgIpc) is 3.76. The van der Waals surface area contributed by atoms with Crippen LogP contribution in [-0.2, 0) is 0 Å². The van der Waals surface area contributed by atoms with E-state index in [4.69, 9.17) is 9.97 Å². The Kier molecular flexibility index (Phi) is 4.55. The molecule has 0 aliphatic rings. The molecule has 4 nitrogen and oxygen atoms in total. The third-order valence-electron chi connectivity index (χ3n) is 9.81. The minimum absolute atomic E-state index is 0.836. The highest BCUT2D eigenvalue weighted by atomic mass is 15.1. The van der Waals surface area contributed by atoms with E-state index in [0.717, 1.165) is 39.1 Å². The molecule has 212 valence electrons. The summed E-state index contributed by atoms with van der Waals surface area (Å²) in [6, 6.07) is 52.0. The zero-order chi connectivity index (χ0) is 29.9. The third kappa shape index (κ3) is 2.98. The summed E-state index contributed by atoms with van der Waals surface area (Å²) < 4.78 is 4.84. The van der Waals surface area contributed by atoms with Crippen molar-refractivity contribution in [3.05, 3.63) is 146 Å². The number of nitrogens with zero attached hydrogens (tertiary/aromatic N) is 4. The molecule has 0 aliphatic heterocycles. The molecule has 11 aromatic rings. The number of fused-ring (bicyclic) bond motifs is 13. The van der Waals surface area contributed by atoms with Crippen LogP contribution in [0.25, 0.3) is 98.8 Å². The molecule has 0 spiro atoms. The van der Waals surface area contributed by atoms with Crippen molar-refractivity contribution in [2.75, 3.05) is 0 Å². The number of para-hydroxylation sites is 4. The van der Waals surface area contributed by atoms with E-state index < -0.39 is 0 Å². The fourth-order valence-electron chi connectivity index (χ4n) is 7.94. The molecular formula is C42H24N4. The quantitative estimate of drug-likeness (QED) is 0.203. The van der Waals surface area contributed by atoms with Crippen molar-refractivity contribution in [1.29, 1.82) is 0 Å². The highest BCUT2D eigenvalue weighted by Gasteiger charge is 2.25. The predicted molar refractivity (Wildman–Crippen MR) is 191 cm³/mol. The summed E-state index contributed by atoms with van der Waals surface area (Å²) in [7, 11) is 0. The highest BCUT2D eigenvalue weighted by molar-refractivity contribution is 6.34. The van der Waals surface area contributed by atoms with Crippen molar-refractivity contribution in [1.82, 2.24) is 18.9 Å². The van der Waals surface area contributed by atoms with E-state index in [2.05, 4.69) is 136 Å². The molecule has 0 fully saturated rings. The molecule has 7 aromatic carbocycles. The van der Waals surface area contributed by atoms with Crippen molar-refractivity contribution >= 4 is 81.7 Å². The Hall–Kier alpha value is -6.26. The van der Waals surface area contributed by atoms with Gasteiger partial charge in [-0.2, -0.15) is 0 Å². The molecule has 4 heteroatoms. The first-order valence-corrected chi connectivity index (χ1v) is 15.7. The van der Waals surface area contributed by atoms with Gasteiger partial charge in [-0.05, 0) is 35.7 Å². The molecule has 0 saturated heterocycles. The van der Waals surface area contributed by atoms with E-state index in [1.54, 1.807) is 0 Å². The van der Waals surface area contributed by atoms with Crippen LogP contribution in [0.1, 0.15) is 0 Å². The summed E-state index contributed by atoms with van der Waals surface area (Å²) in [6.45, 7) is 0. The smallest absolute Gasteiger partial charge is 0.165 e. The maximum absolute atomic E-state index is 5.40. The zero-order valence-electron chi connectivity index (χ0n) is 24.6. The Labute approximate surface area is 262 Å². The minimum Gasteiger partial charge on any atom is -0.308 e. The van der Waals surface area contributed by atoms with Gasteiger partial charge in [0.15, 0.2) is 5.82 Å². The lowest BCUT2D eigenvalue weighted by Gasteiger charge is -2.14.